The maximum absolute atomic E-state index is 11.3. The summed E-state index contributed by atoms with van der Waals surface area (Å²) in [5.74, 6) is 0.909. The zero-order valence-electron chi connectivity index (χ0n) is 11.8. The third kappa shape index (κ3) is 2.80. The molecule has 0 aliphatic carbocycles. The molecule has 1 amide bonds. The standard InChI is InChI=1S/C14H22N4O/c1-14(2,3)9-4-5-18(8-9)12-6-10(13(16)19)11(15)7-17-12/h6-7,9H,4-5,8,15H2,1-3H3,(H2,16,19). The van der Waals surface area contributed by atoms with Crippen molar-refractivity contribution in [3.05, 3.63) is 17.8 Å². The van der Waals surface area contributed by atoms with Gasteiger partial charge in [0, 0.05) is 13.1 Å². The molecule has 1 aliphatic heterocycles. The van der Waals surface area contributed by atoms with Crippen molar-refractivity contribution in [3.63, 3.8) is 0 Å². The van der Waals surface area contributed by atoms with E-state index in [-0.39, 0.29) is 5.41 Å². The lowest BCUT2D eigenvalue weighted by atomic mass is 9.80. The van der Waals surface area contributed by atoms with Gasteiger partial charge in [-0.1, -0.05) is 20.8 Å². The van der Waals surface area contributed by atoms with Crippen molar-refractivity contribution in [2.24, 2.45) is 17.1 Å². The minimum atomic E-state index is -0.507. The largest absolute Gasteiger partial charge is 0.397 e. The number of hydrogen-bond acceptors (Lipinski definition) is 4. The molecular formula is C14H22N4O. The molecule has 1 atom stereocenters. The molecule has 0 saturated carbocycles. The van der Waals surface area contributed by atoms with Gasteiger partial charge in [-0.25, -0.2) is 4.98 Å². The number of rotatable bonds is 2. The first-order valence-corrected chi connectivity index (χ1v) is 6.59. The van der Waals surface area contributed by atoms with Crippen LogP contribution in [0.5, 0.6) is 0 Å². The lowest BCUT2D eigenvalue weighted by Crippen LogP contribution is -2.26. The molecule has 104 valence electrons. The number of amides is 1. The fourth-order valence-corrected chi connectivity index (χ4v) is 2.52. The molecule has 2 heterocycles. The van der Waals surface area contributed by atoms with Gasteiger partial charge in [-0.05, 0) is 23.8 Å². The molecule has 5 heteroatoms. The van der Waals surface area contributed by atoms with E-state index in [1.165, 1.54) is 6.20 Å². The van der Waals surface area contributed by atoms with Gasteiger partial charge in [0.2, 0.25) is 0 Å². The van der Waals surface area contributed by atoms with Crippen LogP contribution in [0.2, 0.25) is 0 Å². The summed E-state index contributed by atoms with van der Waals surface area (Å²) < 4.78 is 0. The van der Waals surface area contributed by atoms with Crippen molar-refractivity contribution < 1.29 is 4.79 Å². The number of aromatic nitrogens is 1. The van der Waals surface area contributed by atoms with Crippen molar-refractivity contribution >= 4 is 17.4 Å². The Morgan fingerprint density at radius 2 is 2.16 bits per heavy atom. The number of carbonyl (C=O) groups is 1. The Morgan fingerprint density at radius 1 is 1.47 bits per heavy atom. The number of pyridine rings is 1. The van der Waals surface area contributed by atoms with E-state index in [1.807, 2.05) is 0 Å². The highest BCUT2D eigenvalue weighted by atomic mass is 16.1. The first-order valence-electron chi connectivity index (χ1n) is 6.59. The lowest BCUT2D eigenvalue weighted by Gasteiger charge is -2.27. The summed E-state index contributed by atoms with van der Waals surface area (Å²) in [5.41, 5.74) is 12.0. The molecule has 0 aromatic carbocycles. The molecule has 0 bridgehead atoms. The number of primary amides is 1. The average Bonchev–Trinajstić information content (AvgIpc) is 2.78. The minimum absolute atomic E-state index is 0.287. The van der Waals surface area contributed by atoms with Gasteiger partial charge in [0.05, 0.1) is 17.4 Å². The summed E-state index contributed by atoms with van der Waals surface area (Å²) in [5, 5.41) is 0. The molecule has 2 rings (SSSR count). The topological polar surface area (TPSA) is 85.2 Å². The van der Waals surface area contributed by atoms with E-state index in [1.54, 1.807) is 6.07 Å². The summed E-state index contributed by atoms with van der Waals surface area (Å²) in [6, 6.07) is 1.70. The van der Waals surface area contributed by atoms with Gasteiger partial charge in [-0.2, -0.15) is 0 Å². The van der Waals surface area contributed by atoms with Crippen molar-refractivity contribution in [3.8, 4) is 0 Å². The van der Waals surface area contributed by atoms with E-state index in [0.717, 1.165) is 25.3 Å². The summed E-state index contributed by atoms with van der Waals surface area (Å²) in [6.45, 7) is 8.68. The Balaban J connectivity index is 2.20. The van der Waals surface area contributed by atoms with Gasteiger partial charge >= 0.3 is 0 Å². The number of nitrogens with two attached hydrogens (primary N) is 2. The van der Waals surface area contributed by atoms with Crippen LogP contribution in [-0.2, 0) is 0 Å². The van der Waals surface area contributed by atoms with Gasteiger partial charge in [0.1, 0.15) is 5.82 Å². The SMILES string of the molecule is CC(C)(C)C1CCN(c2cc(C(N)=O)c(N)cn2)C1. The molecule has 0 spiro atoms. The van der Waals surface area contributed by atoms with E-state index in [9.17, 15) is 4.79 Å². The molecular weight excluding hydrogens is 240 g/mol. The van der Waals surface area contributed by atoms with Crippen molar-refractivity contribution in [2.45, 2.75) is 27.2 Å². The van der Waals surface area contributed by atoms with E-state index >= 15 is 0 Å². The van der Waals surface area contributed by atoms with Gasteiger partial charge < -0.3 is 16.4 Å². The Bertz CT molecular complexity index is 493. The molecule has 1 fully saturated rings. The van der Waals surface area contributed by atoms with Crippen LogP contribution in [0.4, 0.5) is 11.5 Å². The van der Waals surface area contributed by atoms with Crippen LogP contribution < -0.4 is 16.4 Å². The highest BCUT2D eigenvalue weighted by molar-refractivity contribution is 5.98. The van der Waals surface area contributed by atoms with Crippen LogP contribution in [0.3, 0.4) is 0 Å². The van der Waals surface area contributed by atoms with Crippen molar-refractivity contribution in [1.82, 2.24) is 4.98 Å². The molecule has 19 heavy (non-hydrogen) atoms. The summed E-state index contributed by atoms with van der Waals surface area (Å²) in [7, 11) is 0. The fourth-order valence-electron chi connectivity index (χ4n) is 2.52. The number of hydrogen-bond donors (Lipinski definition) is 2. The number of nitrogen functional groups attached to an aromatic ring is 1. The van der Waals surface area contributed by atoms with Gasteiger partial charge in [0.15, 0.2) is 0 Å². The number of carbonyl (C=O) groups excluding carboxylic acids is 1. The fraction of sp³-hybridized carbons (Fsp3) is 0.571. The van der Waals surface area contributed by atoms with Gasteiger partial charge in [-0.3, -0.25) is 4.79 Å². The molecule has 5 nitrogen and oxygen atoms in total. The Morgan fingerprint density at radius 3 is 2.68 bits per heavy atom. The quantitative estimate of drug-likeness (QED) is 0.848. The monoisotopic (exact) mass is 262 g/mol. The van der Waals surface area contributed by atoms with E-state index in [2.05, 4.69) is 30.7 Å². The Labute approximate surface area is 114 Å². The van der Waals surface area contributed by atoms with Crippen LogP contribution in [0.15, 0.2) is 12.3 Å². The van der Waals surface area contributed by atoms with Crippen molar-refractivity contribution in [1.29, 1.82) is 0 Å². The summed E-state index contributed by atoms with van der Waals surface area (Å²) >= 11 is 0. The maximum atomic E-state index is 11.3. The normalized spacial score (nSPS) is 19.7. The second kappa shape index (κ2) is 4.72. The average molecular weight is 262 g/mol. The Hall–Kier alpha value is -1.78. The van der Waals surface area contributed by atoms with Crippen LogP contribution >= 0.6 is 0 Å². The van der Waals surface area contributed by atoms with Gasteiger partial charge in [0.25, 0.3) is 5.91 Å². The predicted octanol–water partition coefficient (Wildman–Crippen LogP) is 1.64. The van der Waals surface area contributed by atoms with E-state index < -0.39 is 5.91 Å². The smallest absolute Gasteiger partial charge is 0.250 e. The molecule has 1 unspecified atom stereocenters. The van der Waals surface area contributed by atoms with Crippen LogP contribution in [0.1, 0.15) is 37.6 Å². The molecule has 1 saturated heterocycles. The maximum Gasteiger partial charge on any atom is 0.250 e. The lowest BCUT2D eigenvalue weighted by molar-refractivity contribution is 0.100. The predicted molar refractivity (Wildman–Crippen MR) is 76.9 cm³/mol. The van der Waals surface area contributed by atoms with E-state index in [0.29, 0.717) is 17.2 Å². The van der Waals surface area contributed by atoms with Gasteiger partial charge in [-0.15, -0.1) is 0 Å². The summed E-state index contributed by atoms with van der Waals surface area (Å²) in [6.07, 6.45) is 2.65. The first-order chi connectivity index (χ1) is 8.79. The summed E-state index contributed by atoms with van der Waals surface area (Å²) in [4.78, 5) is 17.8. The van der Waals surface area contributed by atoms with Crippen LogP contribution in [-0.4, -0.2) is 24.0 Å². The van der Waals surface area contributed by atoms with Crippen LogP contribution in [0, 0.1) is 11.3 Å². The zero-order chi connectivity index (χ0) is 14.2. The number of anilines is 2. The Kier molecular flexibility index (Phi) is 3.39. The third-order valence-electron chi connectivity index (χ3n) is 3.92. The highest BCUT2D eigenvalue weighted by Gasteiger charge is 2.32. The van der Waals surface area contributed by atoms with Crippen molar-refractivity contribution in [2.75, 3.05) is 23.7 Å². The number of nitrogens with zero attached hydrogens (tertiary/aromatic N) is 2. The highest BCUT2D eigenvalue weighted by Crippen LogP contribution is 2.35. The molecule has 1 aliphatic rings. The molecule has 1 aromatic rings. The molecule has 4 N–H and O–H groups in total. The van der Waals surface area contributed by atoms with E-state index in [4.69, 9.17) is 11.5 Å². The molecule has 1 aromatic heterocycles. The van der Waals surface area contributed by atoms with Crippen LogP contribution in [0.25, 0.3) is 0 Å². The second-order valence-electron chi connectivity index (χ2n) is 6.29. The third-order valence-corrected chi connectivity index (χ3v) is 3.92. The minimum Gasteiger partial charge on any atom is -0.397 e. The second-order valence-corrected chi connectivity index (χ2v) is 6.29. The first kappa shape index (κ1) is 13.6. The zero-order valence-corrected chi connectivity index (χ0v) is 11.8. The molecule has 0 radical (unpaired) electrons.